The molecule has 1 aliphatic heterocycles. The molecule has 1 aromatic rings. The maximum atomic E-state index is 12.0. The van der Waals surface area contributed by atoms with Gasteiger partial charge < -0.3 is 15.4 Å². The molecular formula is C14H18N2O3. The van der Waals surface area contributed by atoms with Gasteiger partial charge in [-0.3, -0.25) is 9.59 Å². The number of ether oxygens (including phenoxy) is 1. The van der Waals surface area contributed by atoms with Gasteiger partial charge in [0.05, 0.1) is 11.7 Å². The van der Waals surface area contributed by atoms with E-state index in [0.29, 0.717) is 23.4 Å². The highest BCUT2D eigenvalue weighted by Crippen LogP contribution is 2.34. The quantitative estimate of drug-likeness (QED) is 0.835. The highest BCUT2D eigenvalue weighted by molar-refractivity contribution is 6.04. The van der Waals surface area contributed by atoms with Gasteiger partial charge in [-0.2, -0.15) is 0 Å². The van der Waals surface area contributed by atoms with Crippen LogP contribution in [0.5, 0.6) is 5.75 Å². The Balaban J connectivity index is 2.39. The van der Waals surface area contributed by atoms with E-state index in [-0.39, 0.29) is 11.7 Å². The molecule has 102 valence electrons. The number of benzene rings is 1. The number of anilines is 1. The molecule has 5 nitrogen and oxygen atoms in total. The number of fused-ring (bicyclic) bond motifs is 1. The number of carbonyl (C=O) groups is 2. The highest BCUT2D eigenvalue weighted by atomic mass is 16.5. The van der Waals surface area contributed by atoms with Gasteiger partial charge in [0.15, 0.2) is 11.9 Å². The van der Waals surface area contributed by atoms with Crippen molar-refractivity contribution in [1.82, 2.24) is 0 Å². The Kier molecular flexibility index (Phi) is 3.57. The number of hydrogen-bond acceptors (Lipinski definition) is 4. The van der Waals surface area contributed by atoms with Gasteiger partial charge in [-0.15, -0.1) is 0 Å². The third-order valence-electron chi connectivity index (χ3n) is 3.36. The van der Waals surface area contributed by atoms with Crippen molar-refractivity contribution in [3.63, 3.8) is 0 Å². The summed E-state index contributed by atoms with van der Waals surface area (Å²) in [5.74, 6) is 0.359. The first-order valence-corrected chi connectivity index (χ1v) is 6.33. The van der Waals surface area contributed by atoms with Gasteiger partial charge in [-0.25, -0.2) is 0 Å². The fourth-order valence-corrected chi connectivity index (χ4v) is 2.06. The van der Waals surface area contributed by atoms with E-state index in [0.717, 1.165) is 0 Å². The van der Waals surface area contributed by atoms with Crippen molar-refractivity contribution in [2.75, 3.05) is 11.9 Å². The molecule has 0 spiro atoms. The lowest BCUT2D eigenvalue weighted by Gasteiger charge is -2.30. The van der Waals surface area contributed by atoms with Crippen molar-refractivity contribution in [3.05, 3.63) is 23.8 Å². The zero-order valence-electron chi connectivity index (χ0n) is 11.3. The normalized spacial score (nSPS) is 19.7. The Bertz CT molecular complexity index is 527. The van der Waals surface area contributed by atoms with Gasteiger partial charge in [0.1, 0.15) is 5.75 Å². The van der Waals surface area contributed by atoms with Crippen LogP contribution >= 0.6 is 0 Å². The van der Waals surface area contributed by atoms with Crippen LogP contribution in [-0.2, 0) is 4.79 Å². The van der Waals surface area contributed by atoms with Crippen LogP contribution < -0.4 is 15.4 Å². The lowest BCUT2D eigenvalue weighted by atomic mass is 10.0. The van der Waals surface area contributed by atoms with Crippen LogP contribution in [0.25, 0.3) is 0 Å². The fraction of sp³-hybridized carbons (Fsp3) is 0.429. The van der Waals surface area contributed by atoms with E-state index < -0.39 is 12.1 Å². The number of rotatable bonds is 3. The van der Waals surface area contributed by atoms with E-state index in [1.807, 2.05) is 6.92 Å². The monoisotopic (exact) mass is 262 g/mol. The van der Waals surface area contributed by atoms with Crippen molar-refractivity contribution in [2.24, 2.45) is 5.73 Å². The first-order valence-electron chi connectivity index (χ1n) is 6.33. The molecule has 2 N–H and O–H groups in total. The second kappa shape index (κ2) is 5.01. The number of nitrogens with two attached hydrogens (primary N) is 1. The maximum Gasteiger partial charge on any atom is 0.267 e. The maximum absolute atomic E-state index is 12.0. The van der Waals surface area contributed by atoms with Crippen molar-refractivity contribution < 1.29 is 14.3 Å². The number of hydrogen-bond donors (Lipinski definition) is 1. The molecule has 0 saturated heterocycles. The SMILES string of the molecule is CCC(N)C(=O)c1ccc2c(c1)N(C)C(=O)C(C)O2. The molecule has 0 aromatic heterocycles. The smallest absolute Gasteiger partial charge is 0.267 e. The summed E-state index contributed by atoms with van der Waals surface area (Å²) in [6, 6.07) is 4.55. The second-order valence-electron chi connectivity index (χ2n) is 4.72. The molecule has 0 aliphatic carbocycles. The number of ketones is 1. The lowest BCUT2D eigenvalue weighted by Crippen LogP contribution is -2.42. The molecular weight excluding hydrogens is 244 g/mol. The largest absolute Gasteiger partial charge is 0.479 e. The van der Waals surface area contributed by atoms with E-state index in [2.05, 4.69) is 0 Å². The minimum absolute atomic E-state index is 0.121. The number of likely N-dealkylation sites (N-methyl/N-ethyl adjacent to an activating group) is 1. The second-order valence-corrected chi connectivity index (χ2v) is 4.72. The summed E-state index contributed by atoms with van der Waals surface area (Å²) >= 11 is 0. The average Bonchev–Trinajstić information content (AvgIpc) is 2.43. The van der Waals surface area contributed by atoms with Crippen LogP contribution in [0.15, 0.2) is 18.2 Å². The topological polar surface area (TPSA) is 72.6 Å². The molecule has 2 rings (SSSR count). The van der Waals surface area contributed by atoms with Gasteiger partial charge in [0.2, 0.25) is 0 Å². The Labute approximate surface area is 112 Å². The third-order valence-corrected chi connectivity index (χ3v) is 3.36. The molecule has 2 unspecified atom stereocenters. The van der Waals surface area contributed by atoms with Crippen molar-refractivity contribution in [1.29, 1.82) is 0 Å². The van der Waals surface area contributed by atoms with Crippen LogP contribution in [0.3, 0.4) is 0 Å². The van der Waals surface area contributed by atoms with Gasteiger partial charge in [-0.1, -0.05) is 6.92 Å². The van der Waals surface area contributed by atoms with Crippen LogP contribution in [0, 0.1) is 0 Å². The Morgan fingerprint density at radius 3 is 2.84 bits per heavy atom. The minimum Gasteiger partial charge on any atom is -0.479 e. The van der Waals surface area contributed by atoms with Crippen molar-refractivity contribution >= 4 is 17.4 Å². The first kappa shape index (κ1) is 13.5. The van der Waals surface area contributed by atoms with Crippen LogP contribution in [0.2, 0.25) is 0 Å². The van der Waals surface area contributed by atoms with Gasteiger partial charge in [0, 0.05) is 12.6 Å². The molecule has 0 saturated carbocycles. The number of nitrogens with zero attached hydrogens (tertiary/aromatic N) is 1. The zero-order valence-corrected chi connectivity index (χ0v) is 11.3. The molecule has 5 heteroatoms. The third kappa shape index (κ3) is 2.33. The number of Topliss-reactive ketones (excluding diaryl/α,β-unsaturated/α-hetero) is 1. The first-order chi connectivity index (χ1) is 8.95. The molecule has 2 atom stereocenters. The highest BCUT2D eigenvalue weighted by Gasteiger charge is 2.29. The van der Waals surface area contributed by atoms with Crippen molar-refractivity contribution in [3.8, 4) is 5.75 Å². The Hall–Kier alpha value is -1.88. The van der Waals surface area contributed by atoms with Crippen LogP contribution in [0.1, 0.15) is 30.6 Å². The van der Waals surface area contributed by atoms with Crippen molar-refractivity contribution in [2.45, 2.75) is 32.4 Å². The van der Waals surface area contributed by atoms with E-state index in [1.165, 1.54) is 4.90 Å². The number of amides is 1. The van der Waals surface area contributed by atoms with Gasteiger partial charge in [0.25, 0.3) is 5.91 Å². The molecule has 1 amide bonds. The minimum atomic E-state index is -0.512. The Morgan fingerprint density at radius 2 is 2.21 bits per heavy atom. The molecule has 1 heterocycles. The molecule has 0 bridgehead atoms. The molecule has 0 radical (unpaired) electrons. The predicted octanol–water partition coefficient (Wildman–Crippen LogP) is 1.35. The predicted molar refractivity (Wildman–Crippen MR) is 72.5 cm³/mol. The lowest BCUT2D eigenvalue weighted by molar-refractivity contribution is -0.125. The fourth-order valence-electron chi connectivity index (χ4n) is 2.06. The van der Waals surface area contributed by atoms with Gasteiger partial charge in [-0.05, 0) is 31.5 Å². The van der Waals surface area contributed by atoms with E-state index in [1.54, 1.807) is 32.2 Å². The summed E-state index contributed by atoms with van der Waals surface area (Å²) in [4.78, 5) is 25.4. The van der Waals surface area contributed by atoms with E-state index in [4.69, 9.17) is 10.5 Å². The summed E-state index contributed by atoms with van der Waals surface area (Å²) in [6.07, 6.45) is 0.0787. The Morgan fingerprint density at radius 1 is 1.53 bits per heavy atom. The summed E-state index contributed by atoms with van der Waals surface area (Å²) in [5.41, 5.74) is 6.86. The summed E-state index contributed by atoms with van der Waals surface area (Å²) in [7, 11) is 1.67. The molecule has 1 aromatic carbocycles. The standard InChI is InChI=1S/C14H18N2O3/c1-4-10(15)13(17)9-5-6-12-11(7-9)16(3)14(18)8(2)19-12/h5-8,10H,4,15H2,1-3H3. The zero-order chi connectivity index (χ0) is 14.2. The average molecular weight is 262 g/mol. The summed E-state index contributed by atoms with van der Waals surface area (Å²) < 4.78 is 5.50. The van der Waals surface area contributed by atoms with Crippen LogP contribution in [-0.4, -0.2) is 30.9 Å². The van der Waals surface area contributed by atoms with E-state index in [9.17, 15) is 9.59 Å². The molecule has 1 aliphatic rings. The van der Waals surface area contributed by atoms with Gasteiger partial charge >= 0.3 is 0 Å². The van der Waals surface area contributed by atoms with Crippen LogP contribution in [0.4, 0.5) is 5.69 Å². The summed E-state index contributed by atoms with van der Waals surface area (Å²) in [6.45, 7) is 3.56. The molecule has 0 fully saturated rings. The number of carbonyl (C=O) groups excluding carboxylic acids is 2. The molecule has 19 heavy (non-hydrogen) atoms. The summed E-state index contributed by atoms with van der Waals surface area (Å²) in [5, 5.41) is 0. The van der Waals surface area contributed by atoms with E-state index >= 15 is 0 Å².